The Kier molecular flexibility index (Phi) is 15.2. The van der Waals surface area contributed by atoms with Crippen LogP contribution in [0.5, 0.6) is 0 Å². The van der Waals surface area contributed by atoms with Gasteiger partial charge in [0.1, 0.15) is 17.7 Å². The lowest BCUT2D eigenvalue weighted by atomic mass is 9.96. The third kappa shape index (κ3) is 12.0. The van der Waals surface area contributed by atoms with Gasteiger partial charge < -0.3 is 20.3 Å². The van der Waals surface area contributed by atoms with Crippen LogP contribution in [0.3, 0.4) is 0 Å². The molecule has 0 aliphatic rings. The molecule has 0 spiro atoms. The van der Waals surface area contributed by atoms with Crippen LogP contribution in [0.1, 0.15) is 95.4 Å². The minimum absolute atomic E-state index is 0.335. The Morgan fingerprint density at radius 2 is 1.65 bits per heavy atom. The van der Waals surface area contributed by atoms with E-state index in [2.05, 4.69) is 23.5 Å². The van der Waals surface area contributed by atoms with Gasteiger partial charge in [-0.1, -0.05) is 81.3 Å². The van der Waals surface area contributed by atoms with Gasteiger partial charge in [-0.2, -0.15) is 11.8 Å². The molecule has 2 rings (SSSR count). The molecule has 0 aliphatic carbocycles. The SMILES string of the molecule is C#Cc1ccccc1C(C(=O)Nc1ccccc1C)N(CCCCCCCC)C(=O)C(CCSC)NC(=O)OC(C)(C)C. The fraction of sp³-hybridized carbons (Fsp3) is 0.514. The number of nitrogens with zero attached hydrogens (tertiary/aromatic N) is 1. The van der Waals surface area contributed by atoms with E-state index in [-0.39, 0.29) is 11.8 Å². The van der Waals surface area contributed by atoms with E-state index in [1.807, 2.05) is 49.6 Å². The largest absolute Gasteiger partial charge is 0.444 e. The fourth-order valence-electron chi connectivity index (χ4n) is 4.80. The lowest BCUT2D eigenvalue weighted by Gasteiger charge is -2.35. The summed E-state index contributed by atoms with van der Waals surface area (Å²) in [6, 6.07) is 12.9. The first-order valence-corrected chi connectivity index (χ1v) is 16.6. The molecule has 2 N–H and O–H groups in total. The number of terminal acetylenes is 1. The first-order valence-electron chi connectivity index (χ1n) is 15.2. The third-order valence-corrected chi connectivity index (χ3v) is 7.65. The number of amides is 3. The summed E-state index contributed by atoms with van der Waals surface area (Å²) < 4.78 is 5.50. The summed E-state index contributed by atoms with van der Waals surface area (Å²) in [5, 5.41) is 5.85. The van der Waals surface area contributed by atoms with E-state index in [9.17, 15) is 14.4 Å². The molecule has 0 radical (unpaired) electrons. The van der Waals surface area contributed by atoms with Gasteiger partial charge in [0.25, 0.3) is 5.91 Å². The number of nitrogens with one attached hydrogen (secondary N) is 2. The zero-order valence-corrected chi connectivity index (χ0v) is 27.5. The Morgan fingerprint density at radius 1 is 1.00 bits per heavy atom. The van der Waals surface area contributed by atoms with Gasteiger partial charge in [0.2, 0.25) is 5.91 Å². The number of hydrogen-bond acceptors (Lipinski definition) is 5. The number of unbranched alkanes of at least 4 members (excludes halogenated alkanes) is 5. The molecule has 0 heterocycles. The number of carbonyl (C=O) groups excluding carboxylic acids is 3. The number of hydrogen-bond donors (Lipinski definition) is 2. The van der Waals surface area contributed by atoms with Gasteiger partial charge in [0.15, 0.2) is 0 Å². The Labute approximate surface area is 262 Å². The normalized spacial score (nSPS) is 12.5. The quantitative estimate of drug-likeness (QED) is 0.153. The van der Waals surface area contributed by atoms with Crippen LogP contribution in [0.25, 0.3) is 0 Å². The highest BCUT2D eigenvalue weighted by Gasteiger charge is 2.37. The van der Waals surface area contributed by atoms with E-state index in [0.29, 0.717) is 42.0 Å². The number of alkyl carbamates (subject to hydrolysis) is 1. The van der Waals surface area contributed by atoms with Crippen molar-refractivity contribution in [1.29, 1.82) is 0 Å². The molecule has 2 aromatic rings. The van der Waals surface area contributed by atoms with Crippen LogP contribution < -0.4 is 10.6 Å². The van der Waals surface area contributed by atoms with E-state index in [4.69, 9.17) is 11.2 Å². The van der Waals surface area contributed by atoms with Gasteiger partial charge in [-0.3, -0.25) is 9.59 Å². The van der Waals surface area contributed by atoms with Crippen molar-refractivity contribution >= 4 is 35.4 Å². The van der Waals surface area contributed by atoms with Gasteiger partial charge in [0.05, 0.1) is 0 Å². The maximum absolute atomic E-state index is 14.5. The van der Waals surface area contributed by atoms with Crippen LogP contribution in [0, 0.1) is 19.3 Å². The maximum atomic E-state index is 14.5. The molecular formula is C35H49N3O4S. The van der Waals surface area contributed by atoms with E-state index in [0.717, 1.165) is 37.7 Å². The predicted octanol–water partition coefficient (Wildman–Crippen LogP) is 7.49. The number of carbonyl (C=O) groups is 3. The average molecular weight is 608 g/mol. The van der Waals surface area contributed by atoms with Gasteiger partial charge in [-0.25, -0.2) is 4.79 Å². The molecular weight excluding hydrogens is 558 g/mol. The van der Waals surface area contributed by atoms with Gasteiger partial charge in [0, 0.05) is 17.8 Å². The van der Waals surface area contributed by atoms with Gasteiger partial charge in [-0.05, 0) is 75.8 Å². The molecule has 8 heteroatoms. The summed E-state index contributed by atoms with van der Waals surface area (Å²) in [7, 11) is 0. The first kappa shape index (κ1) is 35.8. The molecule has 2 atom stereocenters. The zero-order chi connectivity index (χ0) is 31.8. The predicted molar refractivity (Wildman–Crippen MR) is 178 cm³/mol. The summed E-state index contributed by atoms with van der Waals surface area (Å²) in [4.78, 5) is 43.1. The monoisotopic (exact) mass is 607 g/mol. The zero-order valence-electron chi connectivity index (χ0n) is 26.7. The van der Waals surface area contributed by atoms with E-state index in [1.165, 1.54) is 0 Å². The van der Waals surface area contributed by atoms with Crippen molar-refractivity contribution in [3.05, 3.63) is 65.2 Å². The number of ether oxygens (including phenoxy) is 1. The molecule has 2 unspecified atom stereocenters. The summed E-state index contributed by atoms with van der Waals surface area (Å²) in [6.07, 6.45) is 13.7. The topological polar surface area (TPSA) is 87.7 Å². The Morgan fingerprint density at radius 3 is 2.30 bits per heavy atom. The molecule has 3 amide bonds. The number of aryl methyl sites for hydroxylation is 1. The van der Waals surface area contributed by atoms with E-state index < -0.39 is 23.8 Å². The minimum Gasteiger partial charge on any atom is -0.444 e. The Balaban J connectivity index is 2.56. The second-order valence-electron chi connectivity index (χ2n) is 11.7. The number of anilines is 1. The van der Waals surface area contributed by atoms with Crippen molar-refractivity contribution in [2.75, 3.05) is 23.9 Å². The first-order chi connectivity index (χ1) is 20.5. The van der Waals surface area contributed by atoms with Crippen LogP contribution in [0.4, 0.5) is 10.5 Å². The second kappa shape index (κ2) is 18.3. The second-order valence-corrected chi connectivity index (χ2v) is 12.7. The van der Waals surface area contributed by atoms with Crippen LogP contribution >= 0.6 is 11.8 Å². The number of para-hydroxylation sites is 1. The van der Waals surface area contributed by atoms with Crippen molar-refractivity contribution in [3.63, 3.8) is 0 Å². The Bertz CT molecular complexity index is 1230. The molecule has 0 saturated carbocycles. The average Bonchev–Trinajstić information content (AvgIpc) is 2.96. The van der Waals surface area contributed by atoms with Crippen molar-refractivity contribution in [2.45, 2.75) is 97.2 Å². The standard InChI is InChI=1S/C35H49N3O4S/c1-8-10-11-12-13-18-24-38(33(40)30(23-25-43-7)37-34(41)42-35(4,5)6)31(28-21-16-15-20-27(28)9-2)32(39)36-29-22-17-14-19-26(29)3/h2,14-17,19-22,30-31H,8,10-13,18,23-25H2,1,3-7H3,(H,36,39)(H,37,41). The highest BCUT2D eigenvalue weighted by atomic mass is 32.2. The van der Waals surface area contributed by atoms with Crippen molar-refractivity contribution in [1.82, 2.24) is 10.2 Å². The van der Waals surface area contributed by atoms with Crippen molar-refractivity contribution < 1.29 is 19.1 Å². The molecule has 0 saturated heterocycles. The summed E-state index contributed by atoms with van der Waals surface area (Å²) in [6.45, 7) is 9.76. The lowest BCUT2D eigenvalue weighted by Crippen LogP contribution is -2.53. The summed E-state index contributed by atoms with van der Waals surface area (Å²) in [5.41, 5.74) is 1.94. The van der Waals surface area contributed by atoms with Gasteiger partial charge >= 0.3 is 6.09 Å². The van der Waals surface area contributed by atoms with E-state index >= 15 is 0 Å². The third-order valence-electron chi connectivity index (χ3n) is 7.01. The molecule has 43 heavy (non-hydrogen) atoms. The lowest BCUT2D eigenvalue weighted by molar-refractivity contribution is -0.141. The molecule has 0 aromatic heterocycles. The van der Waals surface area contributed by atoms with Crippen LogP contribution in [-0.4, -0.2) is 53.0 Å². The number of rotatable bonds is 16. The maximum Gasteiger partial charge on any atom is 0.408 e. The highest BCUT2D eigenvalue weighted by Crippen LogP contribution is 2.29. The van der Waals surface area contributed by atoms with Crippen LogP contribution in [0.15, 0.2) is 48.5 Å². The van der Waals surface area contributed by atoms with E-state index in [1.54, 1.807) is 49.6 Å². The minimum atomic E-state index is -1.01. The summed E-state index contributed by atoms with van der Waals surface area (Å²) >= 11 is 1.58. The molecule has 0 bridgehead atoms. The van der Waals surface area contributed by atoms with Crippen molar-refractivity contribution in [2.24, 2.45) is 0 Å². The van der Waals surface area contributed by atoms with Crippen LogP contribution in [-0.2, 0) is 14.3 Å². The smallest absolute Gasteiger partial charge is 0.408 e. The van der Waals surface area contributed by atoms with Crippen LogP contribution in [0.2, 0.25) is 0 Å². The number of thioether (sulfide) groups is 1. The molecule has 2 aromatic carbocycles. The van der Waals surface area contributed by atoms with Gasteiger partial charge in [-0.15, -0.1) is 6.42 Å². The number of benzene rings is 2. The molecule has 7 nitrogen and oxygen atoms in total. The fourth-order valence-corrected chi connectivity index (χ4v) is 5.28. The summed E-state index contributed by atoms with van der Waals surface area (Å²) in [5.74, 6) is 2.63. The highest BCUT2D eigenvalue weighted by molar-refractivity contribution is 7.98. The molecule has 0 fully saturated rings. The Hall–Kier alpha value is -3.44. The molecule has 234 valence electrons. The molecule has 0 aliphatic heterocycles. The van der Waals surface area contributed by atoms with Crippen molar-refractivity contribution in [3.8, 4) is 12.3 Å².